The van der Waals surface area contributed by atoms with E-state index in [1.54, 1.807) is 0 Å². The Morgan fingerprint density at radius 3 is 2.41 bits per heavy atom. The van der Waals surface area contributed by atoms with E-state index in [4.69, 9.17) is 11.6 Å². The maximum Gasteiger partial charge on any atom is 0.573 e. The number of benzene rings is 1. The molecule has 0 N–H and O–H groups in total. The number of ether oxygens (including phenoxy) is 1. The maximum atomic E-state index is 12.1. The largest absolute Gasteiger partial charge is 0.573 e. The number of carbonyl (C=O) groups excluding carboxylic acids is 2. The van der Waals surface area contributed by atoms with Gasteiger partial charge in [-0.1, -0.05) is 11.6 Å². The van der Waals surface area contributed by atoms with Gasteiger partial charge in [0.1, 0.15) is 5.75 Å². The summed E-state index contributed by atoms with van der Waals surface area (Å²) in [4.78, 5) is 21.9. The van der Waals surface area contributed by atoms with Crippen LogP contribution in [0.2, 0.25) is 5.02 Å². The number of alkyl halides is 3. The first-order valence-electron chi connectivity index (χ1n) is 4.30. The minimum absolute atomic E-state index is 0.111. The van der Waals surface area contributed by atoms with Gasteiger partial charge in [-0.3, -0.25) is 9.59 Å². The number of Topliss-reactive ketones (excluding diaryl/α,β-unsaturated/α-hetero) is 1. The van der Waals surface area contributed by atoms with E-state index in [9.17, 15) is 22.8 Å². The molecule has 0 atom stereocenters. The Morgan fingerprint density at radius 1 is 1.41 bits per heavy atom. The monoisotopic (exact) mass is 266 g/mol. The highest BCUT2D eigenvalue weighted by atomic mass is 35.5. The molecule has 0 radical (unpaired) electrons. The lowest BCUT2D eigenvalue weighted by Crippen LogP contribution is -2.19. The summed E-state index contributed by atoms with van der Waals surface area (Å²) in [7, 11) is 0. The van der Waals surface area contributed by atoms with Crippen molar-refractivity contribution in [1.82, 2.24) is 0 Å². The Balaban J connectivity index is 3.41. The van der Waals surface area contributed by atoms with E-state index in [0.717, 1.165) is 19.1 Å². The van der Waals surface area contributed by atoms with Gasteiger partial charge in [-0.25, -0.2) is 0 Å². The molecule has 0 saturated heterocycles. The topological polar surface area (TPSA) is 43.4 Å². The highest BCUT2D eigenvalue weighted by Gasteiger charge is 2.33. The first-order chi connectivity index (χ1) is 7.76. The molecule has 0 spiro atoms. The summed E-state index contributed by atoms with van der Waals surface area (Å²) in [6.07, 6.45) is -4.74. The predicted octanol–water partition coefficient (Wildman–Crippen LogP) is 3.25. The lowest BCUT2D eigenvalue weighted by atomic mass is 10.0. The molecule has 0 amide bonds. The van der Waals surface area contributed by atoms with Crippen LogP contribution in [0.1, 0.15) is 27.6 Å². The predicted molar refractivity (Wildman–Crippen MR) is 53.5 cm³/mol. The Labute approximate surface area is 99.1 Å². The van der Waals surface area contributed by atoms with Crippen LogP contribution in [-0.4, -0.2) is 18.4 Å². The van der Waals surface area contributed by atoms with E-state index in [1.165, 1.54) is 0 Å². The second kappa shape index (κ2) is 4.75. The van der Waals surface area contributed by atoms with Gasteiger partial charge in [-0.15, -0.1) is 13.2 Å². The minimum atomic E-state index is -4.95. The molecule has 0 heterocycles. The summed E-state index contributed by atoms with van der Waals surface area (Å²) in [6, 6.07) is 1.94. The maximum absolute atomic E-state index is 12.1. The van der Waals surface area contributed by atoms with E-state index in [0.29, 0.717) is 0 Å². The van der Waals surface area contributed by atoms with Crippen LogP contribution in [0, 0.1) is 0 Å². The van der Waals surface area contributed by atoms with Crippen LogP contribution in [0.25, 0.3) is 0 Å². The van der Waals surface area contributed by atoms with Gasteiger partial charge in [0.25, 0.3) is 0 Å². The van der Waals surface area contributed by atoms with Crippen molar-refractivity contribution in [3.05, 3.63) is 28.3 Å². The van der Waals surface area contributed by atoms with Gasteiger partial charge in [0.2, 0.25) is 0 Å². The Hall–Kier alpha value is -1.56. The standard InChI is InChI=1S/C10H6ClF3O3/c1-5(16)9-6(4-15)7(11)2-3-8(9)17-10(12,13)14/h2-4H,1H3. The molecule has 0 aromatic heterocycles. The number of aldehydes is 1. The number of hydrogen-bond acceptors (Lipinski definition) is 3. The fourth-order valence-corrected chi connectivity index (χ4v) is 1.46. The first-order valence-corrected chi connectivity index (χ1v) is 4.68. The molecule has 0 aliphatic heterocycles. The minimum Gasteiger partial charge on any atom is -0.405 e. The van der Waals surface area contributed by atoms with Crippen molar-refractivity contribution < 1.29 is 27.5 Å². The lowest BCUT2D eigenvalue weighted by molar-refractivity contribution is -0.274. The molecule has 3 nitrogen and oxygen atoms in total. The van der Waals surface area contributed by atoms with Crippen molar-refractivity contribution in [3.8, 4) is 5.75 Å². The van der Waals surface area contributed by atoms with Crippen molar-refractivity contribution in [3.63, 3.8) is 0 Å². The first kappa shape index (κ1) is 13.5. The van der Waals surface area contributed by atoms with Gasteiger partial charge < -0.3 is 4.74 Å². The second-order valence-corrected chi connectivity index (χ2v) is 3.46. The van der Waals surface area contributed by atoms with Gasteiger partial charge in [0.05, 0.1) is 10.6 Å². The number of ketones is 1. The number of halogens is 4. The zero-order chi connectivity index (χ0) is 13.2. The molecule has 0 unspecified atom stereocenters. The summed E-state index contributed by atoms with van der Waals surface area (Å²) in [5.41, 5.74) is -0.800. The van der Waals surface area contributed by atoms with E-state index in [2.05, 4.69) is 4.74 Å². The molecular weight excluding hydrogens is 261 g/mol. The molecule has 92 valence electrons. The van der Waals surface area contributed by atoms with E-state index < -0.39 is 23.5 Å². The van der Waals surface area contributed by atoms with Crippen molar-refractivity contribution in [2.75, 3.05) is 0 Å². The highest BCUT2D eigenvalue weighted by Crippen LogP contribution is 2.32. The average molecular weight is 267 g/mol. The molecule has 1 aromatic rings. The van der Waals surface area contributed by atoms with Crippen molar-refractivity contribution >= 4 is 23.7 Å². The molecule has 0 aliphatic carbocycles. The van der Waals surface area contributed by atoms with Crippen LogP contribution in [0.4, 0.5) is 13.2 Å². The van der Waals surface area contributed by atoms with Gasteiger partial charge in [0, 0.05) is 5.56 Å². The third-order valence-corrected chi connectivity index (χ3v) is 2.18. The van der Waals surface area contributed by atoms with E-state index in [1.807, 2.05) is 0 Å². The van der Waals surface area contributed by atoms with Crippen LogP contribution in [-0.2, 0) is 0 Å². The Kier molecular flexibility index (Phi) is 3.77. The molecule has 1 rings (SSSR count). The van der Waals surface area contributed by atoms with Crippen molar-refractivity contribution in [2.24, 2.45) is 0 Å². The van der Waals surface area contributed by atoms with Gasteiger partial charge >= 0.3 is 6.36 Å². The number of hydrogen-bond donors (Lipinski definition) is 0. The van der Waals surface area contributed by atoms with Crippen LogP contribution in [0.15, 0.2) is 12.1 Å². The second-order valence-electron chi connectivity index (χ2n) is 3.06. The third kappa shape index (κ3) is 3.20. The van der Waals surface area contributed by atoms with Crippen LogP contribution in [0.3, 0.4) is 0 Å². The Morgan fingerprint density at radius 2 is 2.00 bits per heavy atom. The van der Waals surface area contributed by atoms with E-state index >= 15 is 0 Å². The SMILES string of the molecule is CC(=O)c1c(OC(F)(F)F)ccc(Cl)c1C=O. The molecule has 1 aromatic carbocycles. The zero-order valence-corrected chi connectivity index (χ0v) is 9.22. The summed E-state index contributed by atoms with van der Waals surface area (Å²) >= 11 is 5.60. The lowest BCUT2D eigenvalue weighted by Gasteiger charge is -2.13. The van der Waals surface area contributed by atoms with Crippen LogP contribution >= 0.6 is 11.6 Å². The van der Waals surface area contributed by atoms with Crippen molar-refractivity contribution in [2.45, 2.75) is 13.3 Å². The third-order valence-electron chi connectivity index (χ3n) is 1.85. The molecule has 7 heteroatoms. The zero-order valence-electron chi connectivity index (χ0n) is 8.47. The normalized spacial score (nSPS) is 11.1. The van der Waals surface area contributed by atoms with Crippen molar-refractivity contribution in [1.29, 1.82) is 0 Å². The van der Waals surface area contributed by atoms with Gasteiger partial charge in [-0.05, 0) is 19.1 Å². The van der Waals surface area contributed by atoms with E-state index in [-0.39, 0.29) is 16.9 Å². The van der Waals surface area contributed by atoms with Gasteiger partial charge in [-0.2, -0.15) is 0 Å². The average Bonchev–Trinajstić information content (AvgIpc) is 2.17. The molecule has 17 heavy (non-hydrogen) atoms. The molecule has 0 aliphatic rings. The Bertz CT molecular complexity index is 469. The molecule has 0 fully saturated rings. The molecule has 0 bridgehead atoms. The fourth-order valence-electron chi connectivity index (χ4n) is 1.26. The smallest absolute Gasteiger partial charge is 0.405 e. The highest BCUT2D eigenvalue weighted by molar-refractivity contribution is 6.34. The fraction of sp³-hybridized carbons (Fsp3) is 0.200. The summed E-state index contributed by atoms with van der Waals surface area (Å²) < 4.78 is 39.9. The number of rotatable bonds is 3. The summed E-state index contributed by atoms with van der Waals surface area (Å²) in [6.45, 7) is 1.02. The molecule has 0 saturated carbocycles. The quantitative estimate of drug-likeness (QED) is 0.623. The molecular formula is C10H6ClF3O3. The van der Waals surface area contributed by atoms with Crippen LogP contribution < -0.4 is 4.74 Å². The van der Waals surface area contributed by atoms with Gasteiger partial charge in [0.15, 0.2) is 12.1 Å². The summed E-state index contributed by atoms with van der Waals surface area (Å²) in [5.74, 6) is -1.48. The number of carbonyl (C=O) groups is 2. The van der Waals surface area contributed by atoms with Crippen LogP contribution in [0.5, 0.6) is 5.75 Å². The summed E-state index contributed by atoms with van der Waals surface area (Å²) in [5, 5.41) is -0.111.